The van der Waals surface area contributed by atoms with Crippen molar-refractivity contribution in [2.75, 3.05) is 13.2 Å². The number of carbonyl (C=O) groups is 2. The Kier molecular flexibility index (Phi) is 75.7. The van der Waals surface area contributed by atoms with Gasteiger partial charge in [0.25, 0.3) is 0 Å². The summed E-state index contributed by atoms with van der Waals surface area (Å²) in [6.45, 7) is 4.20. The highest BCUT2D eigenvalue weighted by Crippen LogP contribution is 2.20. The molecule has 0 aromatic rings. The van der Waals surface area contributed by atoms with Gasteiger partial charge in [0.2, 0.25) is 0 Å². The summed E-state index contributed by atoms with van der Waals surface area (Å²) in [6, 6.07) is 0. The molecule has 508 valence electrons. The number of aliphatic hydroxyl groups is 1. The molecule has 0 aromatic heterocycles. The molecule has 0 heterocycles. The zero-order chi connectivity index (χ0) is 61.9. The Morgan fingerprint density at radius 2 is 0.465 bits per heavy atom. The molecule has 1 atom stereocenters. The van der Waals surface area contributed by atoms with E-state index in [-0.39, 0.29) is 25.2 Å². The van der Waals surface area contributed by atoms with Crippen LogP contribution in [0, 0.1) is 0 Å². The van der Waals surface area contributed by atoms with E-state index in [0.29, 0.717) is 12.8 Å². The van der Waals surface area contributed by atoms with Gasteiger partial charge in [-0.1, -0.05) is 403 Å². The molecule has 0 fully saturated rings. The molecule has 0 aliphatic rings. The summed E-state index contributed by atoms with van der Waals surface area (Å²) in [5.74, 6) is -0.561. The fourth-order valence-corrected chi connectivity index (χ4v) is 12.5. The third kappa shape index (κ3) is 74.6. The molecule has 0 saturated heterocycles. The molecule has 0 amide bonds. The summed E-state index contributed by atoms with van der Waals surface area (Å²) >= 11 is 0. The first kappa shape index (κ1) is 84.1. The van der Waals surface area contributed by atoms with E-state index >= 15 is 0 Å². The molecular weight excluding hydrogens is 1050 g/mol. The van der Waals surface area contributed by atoms with Crippen LogP contribution in [0.2, 0.25) is 0 Å². The van der Waals surface area contributed by atoms with Gasteiger partial charge in [-0.25, -0.2) is 0 Å². The van der Waals surface area contributed by atoms with Gasteiger partial charge >= 0.3 is 11.9 Å². The Morgan fingerprint density at radius 3 is 0.698 bits per heavy atom. The fourth-order valence-electron chi connectivity index (χ4n) is 12.5. The maximum atomic E-state index is 12.4. The molecule has 0 bridgehead atoms. The SMILES string of the molecule is CCCCCCC/C=C\C/C=C\CCCCCCCCCCCCCCCCCCCCCCCCCCCCCC(=O)OC(CO)COC(=O)CCCCCCCCCCCCCCCCCCCCCCC/C=C\CCCCCCCCCC. The van der Waals surface area contributed by atoms with Crippen molar-refractivity contribution in [3.63, 3.8) is 0 Å². The van der Waals surface area contributed by atoms with E-state index in [0.717, 1.165) is 38.5 Å². The molecule has 0 radical (unpaired) electrons. The molecule has 0 rings (SSSR count). The van der Waals surface area contributed by atoms with Crippen molar-refractivity contribution < 1.29 is 24.2 Å². The van der Waals surface area contributed by atoms with Crippen molar-refractivity contribution in [2.24, 2.45) is 0 Å². The van der Waals surface area contributed by atoms with Gasteiger partial charge in [-0.15, -0.1) is 0 Å². The summed E-state index contributed by atoms with van der Waals surface area (Å²) in [7, 11) is 0. The third-order valence-corrected chi connectivity index (χ3v) is 18.4. The van der Waals surface area contributed by atoms with Gasteiger partial charge in [0.05, 0.1) is 6.61 Å². The molecule has 5 nitrogen and oxygen atoms in total. The fraction of sp³-hybridized carbons (Fsp3) is 0.901. The monoisotopic (exact) mass is 1210 g/mol. The average molecular weight is 1210 g/mol. The van der Waals surface area contributed by atoms with E-state index in [2.05, 4.69) is 50.3 Å². The number of aliphatic hydroxyl groups excluding tert-OH is 1. The van der Waals surface area contributed by atoms with Crippen LogP contribution in [0.4, 0.5) is 0 Å². The summed E-state index contributed by atoms with van der Waals surface area (Å²) in [6.07, 6.45) is 104. The van der Waals surface area contributed by atoms with Gasteiger partial charge in [0, 0.05) is 12.8 Å². The van der Waals surface area contributed by atoms with Crippen LogP contribution in [-0.2, 0) is 19.1 Å². The van der Waals surface area contributed by atoms with Gasteiger partial charge in [0.15, 0.2) is 6.10 Å². The number of unbranched alkanes of at least 4 members (excludes halogenated alkanes) is 61. The summed E-state index contributed by atoms with van der Waals surface area (Å²) in [5, 5.41) is 9.73. The standard InChI is InChI=1S/C81H154O5/c1-3-5-7-9-11-13-15-17-19-21-23-25-27-29-31-33-35-37-38-39-40-41-42-44-46-48-50-52-54-56-58-60-62-64-66-68-70-72-74-76-81(84)86-79(77-82)78-85-80(83)75-73-71-69-67-65-63-61-59-57-55-53-51-49-47-45-43-36-34-32-30-28-26-24-22-20-18-16-14-12-10-8-6-4-2/h15,17,21-24,79,82H,3-14,16,18-20,25-78H2,1-2H3/b17-15-,23-21-,24-22-. The lowest BCUT2D eigenvalue weighted by Gasteiger charge is -2.15. The highest BCUT2D eigenvalue weighted by Gasteiger charge is 2.16. The van der Waals surface area contributed by atoms with Crippen LogP contribution in [0.5, 0.6) is 0 Å². The zero-order valence-electron chi connectivity index (χ0n) is 58.6. The number of hydrogen-bond acceptors (Lipinski definition) is 5. The second kappa shape index (κ2) is 77.4. The zero-order valence-corrected chi connectivity index (χ0v) is 58.6. The maximum Gasteiger partial charge on any atom is 0.306 e. The van der Waals surface area contributed by atoms with E-state index in [1.54, 1.807) is 0 Å². The largest absolute Gasteiger partial charge is 0.462 e. The number of hydrogen-bond donors (Lipinski definition) is 1. The van der Waals surface area contributed by atoms with E-state index in [1.165, 1.54) is 385 Å². The molecular formula is C81H154O5. The lowest BCUT2D eigenvalue weighted by Crippen LogP contribution is -2.28. The van der Waals surface area contributed by atoms with Crippen molar-refractivity contribution in [1.82, 2.24) is 0 Å². The van der Waals surface area contributed by atoms with Crippen molar-refractivity contribution in [3.8, 4) is 0 Å². The first-order valence-corrected chi connectivity index (χ1v) is 39.5. The Labute approximate surface area is 539 Å². The summed E-state index contributed by atoms with van der Waals surface area (Å²) in [5.41, 5.74) is 0. The lowest BCUT2D eigenvalue weighted by atomic mass is 10.0. The Bertz CT molecular complexity index is 1370. The minimum atomic E-state index is -0.769. The molecule has 0 aliphatic heterocycles. The lowest BCUT2D eigenvalue weighted by molar-refractivity contribution is -0.161. The Hall–Kier alpha value is -1.88. The van der Waals surface area contributed by atoms with Crippen LogP contribution in [0.1, 0.15) is 450 Å². The average Bonchev–Trinajstić information content (AvgIpc) is 3.55. The van der Waals surface area contributed by atoms with Crippen LogP contribution >= 0.6 is 0 Å². The van der Waals surface area contributed by atoms with E-state index in [1.807, 2.05) is 0 Å². The van der Waals surface area contributed by atoms with Crippen molar-refractivity contribution >= 4 is 11.9 Å². The quantitative estimate of drug-likeness (QED) is 0.0373. The highest BCUT2D eigenvalue weighted by atomic mass is 16.6. The molecule has 0 aliphatic carbocycles. The predicted molar refractivity (Wildman–Crippen MR) is 381 cm³/mol. The Morgan fingerprint density at radius 1 is 0.267 bits per heavy atom. The van der Waals surface area contributed by atoms with Gasteiger partial charge in [-0.2, -0.15) is 0 Å². The van der Waals surface area contributed by atoms with Crippen LogP contribution < -0.4 is 0 Å². The van der Waals surface area contributed by atoms with Crippen LogP contribution in [0.15, 0.2) is 36.5 Å². The summed E-state index contributed by atoms with van der Waals surface area (Å²) < 4.78 is 10.8. The third-order valence-electron chi connectivity index (χ3n) is 18.4. The highest BCUT2D eigenvalue weighted by molar-refractivity contribution is 5.70. The Balaban J connectivity index is 3.35. The van der Waals surface area contributed by atoms with Gasteiger partial charge in [0.1, 0.15) is 6.61 Å². The van der Waals surface area contributed by atoms with E-state index in [4.69, 9.17) is 9.47 Å². The number of ether oxygens (including phenoxy) is 2. The molecule has 0 spiro atoms. The second-order valence-corrected chi connectivity index (χ2v) is 27.1. The normalized spacial score (nSPS) is 12.3. The first-order valence-electron chi connectivity index (χ1n) is 39.5. The van der Waals surface area contributed by atoms with Crippen molar-refractivity contribution in [2.45, 2.75) is 457 Å². The number of allylic oxidation sites excluding steroid dienone is 6. The first-order chi connectivity index (χ1) is 42.6. The molecule has 0 aromatic carbocycles. The number of carbonyl (C=O) groups excluding carboxylic acids is 2. The predicted octanol–water partition coefficient (Wildman–Crippen LogP) is 27.7. The second-order valence-electron chi connectivity index (χ2n) is 27.1. The van der Waals surface area contributed by atoms with E-state index in [9.17, 15) is 14.7 Å². The number of esters is 2. The van der Waals surface area contributed by atoms with Gasteiger partial charge in [-0.05, 0) is 70.6 Å². The van der Waals surface area contributed by atoms with Crippen molar-refractivity contribution in [1.29, 1.82) is 0 Å². The smallest absolute Gasteiger partial charge is 0.306 e. The minimum Gasteiger partial charge on any atom is -0.462 e. The van der Waals surface area contributed by atoms with Crippen LogP contribution in [0.25, 0.3) is 0 Å². The van der Waals surface area contributed by atoms with E-state index < -0.39 is 6.10 Å². The topological polar surface area (TPSA) is 72.8 Å². The molecule has 86 heavy (non-hydrogen) atoms. The van der Waals surface area contributed by atoms with Gasteiger partial charge in [-0.3, -0.25) is 9.59 Å². The summed E-state index contributed by atoms with van der Waals surface area (Å²) in [4.78, 5) is 24.7. The molecule has 1 unspecified atom stereocenters. The number of rotatable bonds is 75. The van der Waals surface area contributed by atoms with Gasteiger partial charge < -0.3 is 14.6 Å². The van der Waals surface area contributed by atoms with Crippen LogP contribution in [0.3, 0.4) is 0 Å². The molecule has 0 saturated carbocycles. The molecule has 1 N–H and O–H groups in total. The van der Waals surface area contributed by atoms with Crippen molar-refractivity contribution in [3.05, 3.63) is 36.5 Å². The maximum absolute atomic E-state index is 12.4. The molecule has 5 heteroatoms. The van der Waals surface area contributed by atoms with Crippen LogP contribution in [-0.4, -0.2) is 36.4 Å². The minimum absolute atomic E-state index is 0.0580.